The summed E-state index contributed by atoms with van der Waals surface area (Å²) in [5.41, 5.74) is -0.866. The molecule has 3 heterocycles. The minimum atomic E-state index is -1.80. The van der Waals surface area contributed by atoms with Crippen molar-refractivity contribution >= 4 is 5.95 Å². The van der Waals surface area contributed by atoms with Gasteiger partial charge in [0.05, 0.1) is 13.7 Å². The molecule has 0 saturated carbocycles. The van der Waals surface area contributed by atoms with Crippen molar-refractivity contribution in [3.8, 4) is 23.2 Å². The number of aromatic nitrogens is 4. The summed E-state index contributed by atoms with van der Waals surface area (Å²) in [6.45, 7) is 0.359. The van der Waals surface area contributed by atoms with Crippen molar-refractivity contribution in [3.63, 3.8) is 0 Å². The highest BCUT2D eigenvalue weighted by atomic mass is 19.1. The number of ether oxygens (including phenoxy) is 1. The summed E-state index contributed by atoms with van der Waals surface area (Å²) < 4.78 is 25.8. The van der Waals surface area contributed by atoms with Crippen LogP contribution in [0.4, 0.5) is 10.3 Å². The number of benzene rings is 1. The van der Waals surface area contributed by atoms with Crippen molar-refractivity contribution in [2.45, 2.75) is 12.1 Å². The van der Waals surface area contributed by atoms with E-state index in [9.17, 15) is 0 Å². The van der Waals surface area contributed by atoms with E-state index in [1.807, 2.05) is 6.07 Å². The highest BCUT2D eigenvalue weighted by Gasteiger charge is 2.46. The maximum atomic E-state index is 15.4. The van der Waals surface area contributed by atoms with E-state index < -0.39 is 5.67 Å². The molecule has 4 rings (SSSR count). The number of anilines is 1. The molecule has 0 radical (unpaired) electrons. The largest absolute Gasteiger partial charge is 0.497 e. The summed E-state index contributed by atoms with van der Waals surface area (Å²) in [7, 11) is 1.58. The number of hydrogen-bond acceptors (Lipinski definition) is 8. The maximum Gasteiger partial charge on any atom is 0.266 e. The molecule has 9 heteroatoms. The summed E-state index contributed by atoms with van der Waals surface area (Å²) in [5.74, 6) is 1.25. The zero-order valence-corrected chi connectivity index (χ0v) is 14.5. The fourth-order valence-electron chi connectivity index (χ4n) is 2.94. The number of alkyl halides is 1. The van der Waals surface area contributed by atoms with Gasteiger partial charge in [-0.15, -0.1) is 0 Å². The predicted octanol–water partition coefficient (Wildman–Crippen LogP) is 2.48. The molecule has 136 valence electrons. The summed E-state index contributed by atoms with van der Waals surface area (Å²) in [4.78, 5) is 14.1. The van der Waals surface area contributed by atoms with Crippen LogP contribution >= 0.6 is 0 Å². The first-order valence-electron chi connectivity index (χ1n) is 8.27. The van der Waals surface area contributed by atoms with E-state index in [1.54, 1.807) is 36.3 Å². The lowest BCUT2D eigenvalue weighted by molar-refractivity contribution is 0.136. The molecule has 8 nitrogen and oxygen atoms in total. The number of halogens is 1. The van der Waals surface area contributed by atoms with Gasteiger partial charge in [0.1, 0.15) is 17.5 Å². The zero-order chi connectivity index (χ0) is 18.9. The lowest BCUT2D eigenvalue weighted by Crippen LogP contribution is -2.28. The Hall–Kier alpha value is -3.54. The molecule has 0 bridgehead atoms. The second-order valence-corrected chi connectivity index (χ2v) is 6.14. The van der Waals surface area contributed by atoms with E-state index in [1.165, 1.54) is 12.3 Å². The molecule has 1 atom stereocenters. The molecule has 1 aliphatic heterocycles. The van der Waals surface area contributed by atoms with Gasteiger partial charge in [0.15, 0.2) is 0 Å². The summed E-state index contributed by atoms with van der Waals surface area (Å²) in [6, 6.07) is 10.6. The van der Waals surface area contributed by atoms with Gasteiger partial charge in [0.2, 0.25) is 17.4 Å². The van der Waals surface area contributed by atoms with Crippen molar-refractivity contribution in [2.24, 2.45) is 0 Å². The van der Waals surface area contributed by atoms with E-state index in [-0.39, 0.29) is 24.6 Å². The van der Waals surface area contributed by atoms with E-state index in [4.69, 9.17) is 14.5 Å². The Morgan fingerprint density at radius 3 is 2.81 bits per heavy atom. The van der Waals surface area contributed by atoms with Gasteiger partial charge < -0.3 is 14.2 Å². The van der Waals surface area contributed by atoms with E-state index in [2.05, 4.69) is 20.1 Å². The van der Waals surface area contributed by atoms with Crippen LogP contribution in [-0.4, -0.2) is 40.3 Å². The number of methoxy groups -OCH3 is 1. The first-order chi connectivity index (χ1) is 13.1. The Labute approximate surface area is 154 Å². The van der Waals surface area contributed by atoms with E-state index >= 15 is 4.39 Å². The van der Waals surface area contributed by atoms with Crippen LogP contribution in [0.2, 0.25) is 0 Å². The Bertz CT molecular complexity index is 1000. The Kier molecular flexibility index (Phi) is 4.16. The minimum absolute atomic E-state index is 0.0217. The average Bonchev–Trinajstić information content (AvgIpc) is 3.36. The molecule has 1 aliphatic rings. The second kappa shape index (κ2) is 6.64. The molecule has 1 fully saturated rings. The van der Waals surface area contributed by atoms with Crippen LogP contribution in [-0.2, 0) is 5.67 Å². The smallest absolute Gasteiger partial charge is 0.266 e. The average molecular weight is 366 g/mol. The molecule has 0 amide bonds. The number of rotatable bonds is 4. The van der Waals surface area contributed by atoms with E-state index in [0.29, 0.717) is 29.6 Å². The van der Waals surface area contributed by atoms with Crippen LogP contribution in [0.1, 0.15) is 18.0 Å². The van der Waals surface area contributed by atoms with Gasteiger partial charge in [-0.25, -0.2) is 14.4 Å². The van der Waals surface area contributed by atoms with E-state index in [0.717, 1.165) is 0 Å². The van der Waals surface area contributed by atoms with Gasteiger partial charge in [0, 0.05) is 24.7 Å². The third-order valence-electron chi connectivity index (χ3n) is 4.42. The quantitative estimate of drug-likeness (QED) is 0.694. The molecular weight excluding hydrogens is 351 g/mol. The fourth-order valence-corrected chi connectivity index (χ4v) is 2.94. The molecule has 1 aromatic carbocycles. The van der Waals surface area contributed by atoms with Crippen molar-refractivity contribution < 1.29 is 13.7 Å². The van der Waals surface area contributed by atoms with Crippen LogP contribution in [0.15, 0.2) is 41.1 Å². The zero-order valence-electron chi connectivity index (χ0n) is 14.5. The van der Waals surface area contributed by atoms with Crippen molar-refractivity contribution in [1.29, 1.82) is 5.26 Å². The topological polar surface area (TPSA) is 101 Å². The van der Waals surface area contributed by atoms with Crippen LogP contribution < -0.4 is 9.64 Å². The van der Waals surface area contributed by atoms with Crippen molar-refractivity contribution in [2.75, 3.05) is 25.1 Å². The number of nitrogens with zero attached hydrogens (tertiary/aromatic N) is 6. The molecular formula is C18H15FN6O2. The molecule has 0 N–H and O–H groups in total. The highest BCUT2D eigenvalue weighted by molar-refractivity contribution is 5.55. The number of hydrogen-bond donors (Lipinski definition) is 0. The van der Waals surface area contributed by atoms with Gasteiger partial charge in [0.25, 0.3) is 5.89 Å². The SMILES string of the molecule is COc1ccc(-c2noc(C3(F)CCN(c4nccc(C#N)n4)C3)n2)cc1. The normalized spacial score (nSPS) is 19.1. The third kappa shape index (κ3) is 3.17. The summed E-state index contributed by atoms with van der Waals surface area (Å²) in [6.07, 6.45) is 1.64. The second-order valence-electron chi connectivity index (χ2n) is 6.14. The Morgan fingerprint density at radius 1 is 1.26 bits per heavy atom. The molecule has 0 spiro atoms. The Morgan fingerprint density at radius 2 is 2.07 bits per heavy atom. The standard InChI is InChI=1S/C18H15FN6O2/c1-26-14-4-2-12(3-5-14)15-23-16(27-24-15)18(19)7-9-25(11-18)17-21-8-6-13(10-20)22-17/h2-6,8H,7,9,11H2,1H3. The first kappa shape index (κ1) is 16.9. The minimum Gasteiger partial charge on any atom is -0.497 e. The molecule has 2 aromatic heterocycles. The van der Waals surface area contributed by atoms with Crippen LogP contribution in [0.25, 0.3) is 11.4 Å². The predicted molar refractivity (Wildman–Crippen MR) is 92.6 cm³/mol. The van der Waals surface area contributed by atoms with Gasteiger partial charge >= 0.3 is 0 Å². The fraction of sp³-hybridized carbons (Fsp3) is 0.278. The van der Waals surface area contributed by atoms with Crippen LogP contribution in [0, 0.1) is 11.3 Å². The van der Waals surface area contributed by atoms with Crippen molar-refractivity contribution in [1.82, 2.24) is 20.1 Å². The van der Waals surface area contributed by atoms with Gasteiger partial charge in [-0.1, -0.05) is 5.16 Å². The lowest BCUT2D eigenvalue weighted by atomic mass is 10.1. The third-order valence-corrected chi connectivity index (χ3v) is 4.42. The first-order valence-corrected chi connectivity index (χ1v) is 8.27. The molecule has 1 unspecified atom stereocenters. The molecule has 1 saturated heterocycles. The maximum absolute atomic E-state index is 15.4. The number of nitriles is 1. The molecule has 3 aromatic rings. The highest BCUT2D eigenvalue weighted by Crippen LogP contribution is 2.37. The van der Waals surface area contributed by atoms with Crippen LogP contribution in [0.5, 0.6) is 5.75 Å². The lowest BCUT2D eigenvalue weighted by Gasteiger charge is -2.17. The van der Waals surface area contributed by atoms with Gasteiger partial charge in [-0.05, 0) is 30.3 Å². The van der Waals surface area contributed by atoms with Gasteiger partial charge in [-0.3, -0.25) is 0 Å². The summed E-state index contributed by atoms with van der Waals surface area (Å²) >= 11 is 0. The molecule has 27 heavy (non-hydrogen) atoms. The molecule has 0 aliphatic carbocycles. The van der Waals surface area contributed by atoms with Gasteiger partial charge in [-0.2, -0.15) is 10.2 Å². The summed E-state index contributed by atoms with van der Waals surface area (Å²) in [5, 5.41) is 12.9. The Balaban J connectivity index is 1.55. The van der Waals surface area contributed by atoms with Crippen LogP contribution in [0.3, 0.4) is 0 Å². The monoisotopic (exact) mass is 366 g/mol. The van der Waals surface area contributed by atoms with Crippen molar-refractivity contribution in [3.05, 3.63) is 48.1 Å².